The molecule has 0 aliphatic heterocycles. The van der Waals surface area contributed by atoms with Crippen LogP contribution in [0.1, 0.15) is 37.0 Å². The lowest BCUT2D eigenvalue weighted by atomic mass is 10.1. The number of thiazole rings is 1. The molecule has 0 saturated carbocycles. The van der Waals surface area contributed by atoms with Crippen molar-refractivity contribution >= 4 is 28.8 Å². The summed E-state index contributed by atoms with van der Waals surface area (Å²) in [6, 6.07) is 8.19. The average Bonchev–Trinajstić information content (AvgIpc) is 3.18. The second kappa shape index (κ2) is 9.99. The van der Waals surface area contributed by atoms with Crippen LogP contribution in [0.4, 0.5) is 23.2 Å². The molecule has 3 aromatic rings. The highest BCUT2D eigenvalue weighted by Gasteiger charge is 2.28. The van der Waals surface area contributed by atoms with Crippen molar-refractivity contribution in [1.82, 2.24) is 10.3 Å². The fraction of sp³-hybridized carbons (Fsp3) is 0.227. The minimum absolute atomic E-state index is 0.0297. The molecule has 0 atom stereocenters. The summed E-state index contributed by atoms with van der Waals surface area (Å²) in [5.41, 5.74) is 0.588. The third kappa shape index (κ3) is 6.75. The Hall–Kier alpha value is -3.47. The summed E-state index contributed by atoms with van der Waals surface area (Å²) < 4.78 is 56.9. The number of hydrogen-bond donors (Lipinski definition) is 2. The van der Waals surface area contributed by atoms with Crippen molar-refractivity contribution in [2.24, 2.45) is 0 Å². The molecule has 11 heteroatoms. The molecule has 174 valence electrons. The fourth-order valence-electron chi connectivity index (χ4n) is 2.78. The molecule has 0 radical (unpaired) electrons. The van der Waals surface area contributed by atoms with Crippen molar-refractivity contribution in [3.8, 4) is 5.75 Å². The quantitative estimate of drug-likeness (QED) is 0.465. The third-order valence-electron chi connectivity index (χ3n) is 4.45. The van der Waals surface area contributed by atoms with Crippen molar-refractivity contribution < 1.29 is 31.9 Å². The number of halogens is 4. The highest BCUT2D eigenvalue weighted by molar-refractivity contribution is 7.09. The van der Waals surface area contributed by atoms with Crippen LogP contribution < -0.4 is 15.4 Å². The number of ether oxygens (including phenoxy) is 1. The van der Waals surface area contributed by atoms with Gasteiger partial charge in [-0.2, -0.15) is 13.2 Å². The van der Waals surface area contributed by atoms with E-state index in [1.165, 1.54) is 30.4 Å². The standard InChI is InChI=1S/C22H19F4N3O3S/c1-12-18(23)7-15(20(30)27-11-22(24,25)26)8-19(12)29-21(31)14-4-3-5-17(6-14)32-9-16-10-33-13(2)28-16/h3-8,10H,9,11H2,1-2H3,(H,27,30)(H,29,31). The lowest BCUT2D eigenvalue weighted by molar-refractivity contribution is -0.123. The Morgan fingerprint density at radius 1 is 1.09 bits per heavy atom. The molecule has 0 aliphatic carbocycles. The van der Waals surface area contributed by atoms with E-state index in [0.717, 1.165) is 22.8 Å². The molecule has 1 aromatic heterocycles. The zero-order valence-corrected chi connectivity index (χ0v) is 18.4. The number of nitrogens with one attached hydrogen (secondary N) is 2. The van der Waals surface area contributed by atoms with Crippen molar-refractivity contribution in [2.75, 3.05) is 11.9 Å². The Labute approximate surface area is 190 Å². The number of rotatable bonds is 7. The van der Waals surface area contributed by atoms with E-state index in [2.05, 4.69) is 10.3 Å². The van der Waals surface area contributed by atoms with Gasteiger partial charge in [0.1, 0.15) is 24.7 Å². The third-order valence-corrected chi connectivity index (χ3v) is 5.28. The van der Waals surface area contributed by atoms with Crippen LogP contribution in [0.5, 0.6) is 5.75 Å². The molecular weight excluding hydrogens is 462 g/mol. The summed E-state index contributed by atoms with van der Waals surface area (Å²) in [4.78, 5) is 29.0. The number of hydrogen-bond acceptors (Lipinski definition) is 5. The molecule has 0 unspecified atom stereocenters. The average molecular weight is 481 g/mol. The maximum atomic E-state index is 14.3. The minimum Gasteiger partial charge on any atom is -0.487 e. The molecule has 33 heavy (non-hydrogen) atoms. The summed E-state index contributed by atoms with van der Waals surface area (Å²) in [6.07, 6.45) is -4.61. The van der Waals surface area contributed by atoms with Gasteiger partial charge in [-0.3, -0.25) is 9.59 Å². The van der Waals surface area contributed by atoms with Crippen molar-refractivity contribution in [3.63, 3.8) is 0 Å². The maximum Gasteiger partial charge on any atom is 0.405 e. The molecule has 0 fully saturated rings. The van der Waals surface area contributed by atoms with Gasteiger partial charge < -0.3 is 15.4 Å². The Bertz CT molecular complexity index is 1180. The van der Waals surface area contributed by atoms with Crippen LogP contribution in [0.25, 0.3) is 0 Å². The molecule has 6 nitrogen and oxygen atoms in total. The van der Waals surface area contributed by atoms with Gasteiger partial charge in [-0.1, -0.05) is 6.07 Å². The zero-order chi connectivity index (χ0) is 24.2. The fourth-order valence-corrected chi connectivity index (χ4v) is 3.37. The van der Waals surface area contributed by atoms with E-state index < -0.39 is 30.4 Å². The highest BCUT2D eigenvalue weighted by atomic mass is 32.1. The Morgan fingerprint density at radius 3 is 2.52 bits per heavy atom. The molecule has 2 N–H and O–H groups in total. The van der Waals surface area contributed by atoms with Crippen LogP contribution in [0.3, 0.4) is 0 Å². The lowest BCUT2D eigenvalue weighted by Gasteiger charge is -2.13. The van der Waals surface area contributed by atoms with Gasteiger partial charge in [-0.15, -0.1) is 11.3 Å². The number of amides is 2. The summed E-state index contributed by atoms with van der Waals surface area (Å²) in [6.45, 7) is 1.90. The van der Waals surface area contributed by atoms with Gasteiger partial charge in [0.05, 0.1) is 10.7 Å². The lowest BCUT2D eigenvalue weighted by Crippen LogP contribution is -2.33. The number of alkyl halides is 3. The number of nitrogens with zero attached hydrogens (tertiary/aromatic N) is 1. The largest absolute Gasteiger partial charge is 0.487 e. The predicted molar refractivity (Wildman–Crippen MR) is 115 cm³/mol. The van der Waals surface area contributed by atoms with Crippen molar-refractivity contribution in [1.29, 1.82) is 0 Å². The van der Waals surface area contributed by atoms with Crippen LogP contribution >= 0.6 is 11.3 Å². The molecule has 0 spiro atoms. The molecule has 0 bridgehead atoms. The smallest absolute Gasteiger partial charge is 0.405 e. The molecule has 0 saturated heterocycles. The van der Waals surface area contributed by atoms with E-state index in [1.54, 1.807) is 17.4 Å². The van der Waals surface area contributed by atoms with Gasteiger partial charge >= 0.3 is 6.18 Å². The summed E-state index contributed by atoms with van der Waals surface area (Å²) in [5.74, 6) is -2.16. The first kappa shape index (κ1) is 24.2. The maximum absolute atomic E-state index is 14.3. The van der Waals surface area contributed by atoms with Gasteiger partial charge in [0, 0.05) is 27.8 Å². The van der Waals surface area contributed by atoms with Crippen LogP contribution in [0.2, 0.25) is 0 Å². The van der Waals surface area contributed by atoms with Crippen LogP contribution in [0, 0.1) is 19.7 Å². The Kier molecular flexibility index (Phi) is 7.32. The van der Waals surface area contributed by atoms with E-state index in [9.17, 15) is 27.2 Å². The highest BCUT2D eigenvalue weighted by Crippen LogP contribution is 2.23. The Balaban J connectivity index is 1.72. The predicted octanol–water partition coefficient (Wildman–Crippen LogP) is 5.02. The van der Waals surface area contributed by atoms with Gasteiger partial charge in [0.15, 0.2) is 0 Å². The van der Waals surface area contributed by atoms with Crippen LogP contribution in [0.15, 0.2) is 41.8 Å². The number of benzene rings is 2. The molecule has 3 rings (SSSR count). The summed E-state index contributed by atoms with van der Waals surface area (Å²) in [5, 5.41) is 6.93. The van der Waals surface area contributed by atoms with Gasteiger partial charge in [-0.25, -0.2) is 9.37 Å². The summed E-state index contributed by atoms with van der Waals surface area (Å²) in [7, 11) is 0. The van der Waals surface area contributed by atoms with E-state index in [-0.39, 0.29) is 29.0 Å². The van der Waals surface area contributed by atoms with Gasteiger partial charge in [-0.05, 0) is 44.2 Å². The first-order chi connectivity index (χ1) is 15.5. The molecule has 2 amide bonds. The van der Waals surface area contributed by atoms with E-state index in [0.29, 0.717) is 5.75 Å². The molecular formula is C22H19F4N3O3S. The Morgan fingerprint density at radius 2 is 1.85 bits per heavy atom. The number of aryl methyl sites for hydroxylation is 1. The minimum atomic E-state index is -4.61. The number of carbonyl (C=O) groups excluding carboxylic acids is 2. The van der Waals surface area contributed by atoms with E-state index >= 15 is 0 Å². The second-order valence-electron chi connectivity index (χ2n) is 7.06. The SMILES string of the molecule is Cc1nc(COc2cccc(C(=O)Nc3cc(C(=O)NCC(F)(F)F)cc(F)c3C)c2)cs1. The van der Waals surface area contributed by atoms with E-state index in [1.807, 2.05) is 12.3 Å². The van der Waals surface area contributed by atoms with Gasteiger partial charge in [0.2, 0.25) is 0 Å². The van der Waals surface area contributed by atoms with Crippen LogP contribution in [-0.2, 0) is 6.61 Å². The van der Waals surface area contributed by atoms with Crippen molar-refractivity contribution in [2.45, 2.75) is 26.6 Å². The first-order valence-electron chi connectivity index (χ1n) is 9.62. The number of anilines is 1. The van der Waals surface area contributed by atoms with Crippen molar-refractivity contribution in [3.05, 3.63) is 75.0 Å². The normalized spacial score (nSPS) is 11.2. The zero-order valence-electron chi connectivity index (χ0n) is 17.5. The molecule has 0 aliphatic rings. The number of aromatic nitrogens is 1. The molecule has 2 aromatic carbocycles. The van der Waals surface area contributed by atoms with Gasteiger partial charge in [0.25, 0.3) is 11.8 Å². The monoisotopic (exact) mass is 481 g/mol. The first-order valence-corrected chi connectivity index (χ1v) is 10.5. The summed E-state index contributed by atoms with van der Waals surface area (Å²) >= 11 is 1.49. The molecule has 1 heterocycles. The topological polar surface area (TPSA) is 80.3 Å². The number of carbonyl (C=O) groups is 2. The second-order valence-corrected chi connectivity index (χ2v) is 8.12. The van der Waals surface area contributed by atoms with Crippen LogP contribution in [-0.4, -0.2) is 29.5 Å². The van der Waals surface area contributed by atoms with E-state index in [4.69, 9.17) is 4.74 Å².